The lowest BCUT2D eigenvalue weighted by Gasteiger charge is -2.08. The van der Waals surface area contributed by atoms with Gasteiger partial charge < -0.3 is 9.15 Å². The van der Waals surface area contributed by atoms with Gasteiger partial charge in [-0.15, -0.1) is 0 Å². The van der Waals surface area contributed by atoms with Crippen LogP contribution in [0.5, 0.6) is 5.75 Å². The summed E-state index contributed by atoms with van der Waals surface area (Å²) < 4.78 is 11.1. The van der Waals surface area contributed by atoms with Crippen molar-refractivity contribution in [1.29, 1.82) is 0 Å². The van der Waals surface area contributed by atoms with Crippen LogP contribution in [0.4, 0.5) is 0 Å². The molecule has 1 aromatic carbocycles. The largest absolute Gasteiger partial charge is 0.485 e. The Balaban J connectivity index is 2.27. The molecule has 0 N–H and O–H groups in total. The Kier molecular flexibility index (Phi) is 2.30. The fourth-order valence-corrected chi connectivity index (χ4v) is 2.48. The zero-order valence-corrected chi connectivity index (χ0v) is 10.4. The molecule has 1 aliphatic rings. The van der Waals surface area contributed by atoms with E-state index in [0.29, 0.717) is 5.58 Å². The summed E-state index contributed by atoms with van der Waals surface area (Å²) in [6.07, 6.45) is 0.813. The molecule has 3 nitrogen and oxygen atoms in total. The highest BCUT2D eigenvalue weighted by atomic mass is 16.5. The van der Waals surface area contributed by atoms with Crippen LogP contribution in [0.15, 0.2) is 39.6 Å². The van der Waals surface area contributed by atoms with E-state index in [-0.39, 0.29) is 11.7 Å². The van der Waals surface area contributed by atoms with Crippen molar-refractivity contribution in [2.24, 2.45) is 0 Å². The molecule has 0 saturated carbocycles. The second-order valence-electron chi connectivity index (χ2n) is 4.82. The van der Waals surface area contributed by atoms with E-state index in [2.05, 4.69) is 6.58 Å². The number of benzene rings is 1. The topological polar surface area (TPSA) is 39.4 Å². The first-order valence-corrected chi connectivity index (χ1v) is 5.94. The Hall–Kier alpha value is -2.03. The van der Waals surface area contributed by atoms with Gasteiger partial charge in [-0.3, -0.25) is 0 Å². The predicted octanol–water partition coefficient (Wildman–Crippen LogP) is 2.98. The molecule has 2 heterocycles. The Morgan fingerprint density at radius 2 is 2.22 bits per heavy atom. The maximum absolute atomic E-state index is 11.4. The first-order valence-electron chi connectivity index (χ1n) is 5.94. The zero-order chi connectivity index (χ0) is 12.9. The number of rotatable bonds is 1. The molecule has 1 unspecified atom stereocenters. The highest BCUT2D eigenvalue weighted by Gasteiger charge is 2.26. The number of aryl methyl sites for hydroxylation is 1. The number of hydrogen-bond acceptors (Lipinski definition) is 3. The van der Waals surface area contributed by atoms with E-state index in [9.17, 15) is 4.79 Å². The summed E-state index contributed by atoms with van der Waals surface area (Å²) in [5.41, 5.74) is 3.38. The zero-order valence-electron chi connectivity index (χ0n) is 10.4. The Morgan fingerprint density at radius 1 is 1.44 bits per heavy atom. The summed E-state index contributed by atoms with van der Waals surface area (Å²) in [6, 6.07) is 5.18. The summed E-state index contributed by atoms with van der Waals surface area (Å²) >= 11 is 0. The average Bonchev–Trinajstić information content (AvgIpc) is 2.71. The van der Waals surface area contributed by atoms with E-state index in [1.165, 1.54) is 6.07 Å². The quantitative estimate of drug-likeness (QED) is 0.570. The molecular weight excluding hydrogens is 228 g/mol. The molecule has 2 aromatic rings. The molecule has 0 aliphatic carbocycles. The number of hydrogen-bond donors (Lipinski definition) is 0. The molecule has 0 radical (unpaired) electrons. The van der Waals surface area contributed by atoms with Gasteiger partial charge in [0.1, 0.15) is 17.4 Å². The van der Waals surface area contributed by atoms with E-state index in [1.54, 1.807) is 6.07 Å². The van der Waals surface area contributed by atoms with Crippen molar-refractivity contribution in [2.75, 3.05) is 0 Å². The van der Waals surface area contributed by atoms with Crippen LogP contribution < -0.4 is 10.4 Å². The van der Waals surface area contributed by atoms with Gasteiger partial charge in [0.25, 0.3) is 0 Å². The monoisotopic (exact) mass is 242 g/mol. The van der Waals surface area contributed by atoms with Crippen LogP contribution >= 0.6 is 0 Å². The van der Waals surface area contributed by atoms with E-state index in [0.717, 1.165) is 34.3 Å². The SMILES string of the molecule is C=C(C)C1Cc2c(ccc3oc(=O)cc(C)c23)O1. The Labute approximate surface area is 105 Å². The molecule has 0 spiro atoms. The van der Waals surface area contributed by atoms with Gasteiger partial charge in [-0.25, -0.2) is 4.79 Å². The third kappa shape index (κ3) is 1.55. The third-order valence-corrected chi connectivity index (χ3v) is 3.38. The summed E-state index contributed by atoms with van der Waals surface area (Å²) in [5, 5.41) is 0.996. The van der Waals surface area contributed by atoms with E-state index in [1.807, 2.05) is 19.9 Å². The molecule has 1 aromatic heterocycles. The molecule has 0 amide bonds. The highest BCUT2D eigenvalue weighted by molar-refractivity contribution is 5.86. The van der Waals surface area contributed by atoms with Crippen molar-refractivity contribution in [3.05, 3.63) is 51.9 Å². The molecular formula is C15H14O3. The van der Waals surface area contributed by atoms with Crippen LogP contribution in [0.1, 0.15) is 18.1 Å². The number of fused-ring (bicyclic) bond motifs is 3. The Bertz CT molecular complexity index is 709. The van der Waals surface area contributed by atoms with Crippen molar-refractivity contribution in [1.82, 2.24) is 0 Å². The van der Waals surface area contributed by atoms with Crippen molar-refractivity contribution < 1.29 is 9.15 Å². The van der Waals surface area contributed by atoms with Crippen LogP contribution in [0, 0.1) is 6.92 Å². The van der Waals surface area contributed by atoms with Crippen molar-refractivity contribution >= 4 is 11.0 Å². The van der Waals surface area contributed by atoms with Gasteiger partial charge in [-0.1, -0.05) is 6.58 Å². The molecule has 0 fully saturated rings. The first-order chi connectivity index (χ1) is 8.56. The third-order valence-electron chi connectivity index (χ3n) is 3.38. The summed E-state index contributed by atoms with van der Waals surface area (Å²) in [4.78, 5) is 11.4. The van der Waals surface area contributed by atoms with Gasteiger partial charge in [0.2, 0.25) is 0 Å². The number of ether oxygens (including phenoxy) is 1. The molecule has 0 bridgehead atoms. The lowest BCUT2D eigenvalue weighted by molar-refractivity contribution is 0.271. The summed E-state index contributed by atoms with van der Waals surface area (Å²) in [5.74, 6) is 0.868. The summed E-state index contributed by atoms with van der Waals surface area (Å²) in [6.45, 7) is 7.83. The minimum Gasteiger partial charge on any atom is -0.485 e. The minimum atomic E-state index is -0.310. The molecule has 1 atom stereocenters. The standard InChI is InChI=1S/C15H14O3/c1-8(2)13-7-10-11(17-13)4-5-12-15(10)9(3)6-14(16)18-12/h4-6,13H,1,7H2,2-3H3. The van der Waals surface area contributed by atoms with Crippen molar-refractivity contribution in [2.45, 2.75) is 26.4 Å². The fourth-order valence-electron chi connectivity index (χ4n) is 2.48. The predicted molar refractivity (Wildman–Crippen MR) is 70.2 cm³/mol. The van der Waals surface area contributed by atoms with Gasteiger partial charge in [0.15, 0.2) is 0 Å². The van der Waals surface area contributed by atoms with Gasteiger partial charge in [-0.2, -0.15) is 0 Å². The highest BCUT2D eigenvalue weighted by Crippen LogP contribution is 2.37. The maximum atomic E-state index is 11.4. The van der Waals surface area contributed by atoms with E-state index < -0.39 is 0 Å². The summed E-state index contributed by atoms with van der Waals surface area (Å²) in [7, 11) is 0. The average molecular weight is 242 g/mol. The van der Waals surface area contributed by atoms with E-state index >= 15 is 0 Å². The second-order valence-corrected chi connectivity index (χ2v) is 4.82. The van der Waals surface area contributed by atoms with Crippen molar-refractivity contribution in [3.63, 3.8) is 0 Å². The first kappa shape index (κ1) is 11.1. The van der Waals surface area contributed by atoms with Crippen LogP contribution in [0.3, 0.4) is 0 Å². The molecule has 92 valence electrons. The van der Waals surface area contributed by atoms with Gasteiger partial charge in [-0.05, 0) is 37.1 Å². The maximum Gasteiger partial charge on any atom is 0.336 e. The lowest BCUT2D eigenvalue weighted by Crippen LogP contribution is -2.13. The van der Waals surface area contributed by atoms with E-state index in [4.69, 9.17) is 9.15 Å². The van der Waals surface area contributed by atoms with Crippen LogP contribution in [0.2, 0.25) is 0 Å². The van der Waals surface area contributed by atoms with Crippen molar-refractivity contribution in [3.8, 4) is 5.75 Å². The smallest absolute Gasteiger partial charge is 0.336 e. The molecule has 3 heteroatoms. The van der Waals surface area contributed by atoms with Crippen LogP contribution in [-0.4, -0.2) is 6.10 Å². The molecule has 0 saturated heterocycles. The molecule has 1 aliphatic heterocycles. The Morgan fingerprint density at radius 3 is 2.94 bits per heavy atom. The minimum absolute atomic E-state index is 0.0249. The van der Waals surface area contributed by atoms with Crippen LogP contribution in [0.25, 0.3) is 11.0 Å². The van der Waals surface area contributed by atoms with Crippen LogP contribution in [-0.2, 0) is 6.42 Å². The second kappa shape index (κ2) is 3.73. The fraction of sp³-hybridized carbons (Fsp3) is 0.267. The lowest BCUT2D eigenvalue weighted by atomic mass is 9.99. The molecule has 3 rings (SSSR count). The normalized spacial score (nSPS) is 17.6. The van der Waals surface area contributed by atoms with Gasteiger partial charge in [0.05, 0.1) is 0 Å². The molecule has 18 heavy (non-hydrogen) atoms. The van der Waals surface area contributed by atoms with Gasteiger partial charge in [0, 0.05) is 23.4 Å². The van der Waals surface area contributed by atoms with Gasteiger partial charge >= 0.3 is 5.63 Å².